The molecular weight excluding hydrogens is 374 g/mol. The molecule has 0 aromatic heterocycles. The van der Waals surface area contributed by atoms with Crippen LogP contribution in [0.5, 0.6) is 0 Å². The van der Waals surface area contributed by atoms with Crippen LogP contribution in [0.1, 0.15) is 19.4 Å². The van der Waals surface area contributed by atoms with Gasteiger partial charge in [-0.25, -0.2) is 22.4 Å². The zero-order chi connectivity index (χ0) is 20.7. The van der Waals surface area contributed by atoms with Crippen molar-refractivity contribution < 1.29 is 41.7 Å². The smallest absolute Gasteiger partial charge is 0.343 e. The van der Waals surface area contributed by atoms with Gasteiger partial charge in [-0.05, 0) is 19.9 Å². The predicted molar refractivity (Wildman–Crippen MR) is 88.2 cm³/mol. The standard InChI is InChI=1S/C17H19F4NO5/c1-5-27-16(24)10(7-22-8(2)17(25-3)26-4)15(23)9-6-11(18)13(20)14(21)12(9)19/h6-8,17,23H,5H2,1-4H3. The Morgan fingerprint density at radius 1 is 1.19 bits per heavy atom. The van der Waals surface area contributed by atoms with Crippen LogP contribution in [0, 0.1) is 23.3 Å². The van der Waals surface area contributed by atoms with Crippen LogP contribution in [0.4, 0.5) is 17.6 Å². The normalized spacial score (nSPS) is 13.8. The highest BCUT2D eigenvalue weighted by Gasteiger charge is 2.25. The minimum atomic E-state index is -2.14. The van der Waals surface area contributed by atoms with Crippen LogP contribution in [0.25, 0.3) is 5.76 Å². The average molecular weight is 393 g/mol. The summed E-state index contributed by atoms with van der Waals surface area (Å²) in [5, 5.41) is 10.2. The Balaban J connectivity index is 3.48. The number of aliphatic hydroxyl groups is 1. The van der Waals surface area contributed by atoms with E-state index in [1.54, 1.807) is 6.92 Å². The number of methoxy groups -OCH3 is 2. The number of carbonyl (C=O) groups excluding carboxylic acids is 1. The largest absolute Gasteiger partial charge is 0.506 e. The minimum Gasteiger partial charge on any atom is -0.506 e. The molecule has 27 heavy (non-hydrogen) atoms. The van der Waals surface area contributed by atoms with E-state index in [0.717, 1.165) is 6.21 Å². The Morgan fingerprint density at radius 3 is 2.30 bits per heavy atom. The fourth-order valence-electron chi connectivity index (χ4n) is 2.06. The molecule has 1 N–H and O–H groups in total. The molecule has 0 aliphatic rings. The number of aliphatic hydroxyl groups excluding tert-OH is 1. The lowest BCUT2D eigenvalue weighted by Gasteiger charge is -2.17. The molecule has 0 heterocycles. The summed E-state index contributed by atoms with van der Waals surface area (Å²) in [6, 6.07) is -0.462. The van der Waals surface area contributed by atoms with Gasteiger partial charge < -0.3 is 19.3 Å². The molecule has 0 radical (unpaired) electrons. The van der Waals surface area contributed by atoms with E-state index in [9.17, 15) is 27.5 Å². The van der Waals surface area contributed by atoms with Crippen molar-refractivity contribution in [3.05, 3.63) is 40.5 Å². The molecule has 0 saturated heterocycles. The van der Waals surface area contributed by atoms with Gasteiger partial charge in [-0.1, -0.05) is 0 Å². The van der Waals surface area contributed by atoms with Gasteiger partial charge in [0.05, 0.1) is 18.2 Å². The lowest BCUT2D eigenvalue weighted by Crippen LogP contribution is -2.26. The van der Waals surface area contributed by atoms with Gasteiger partial charge >= 0.3 is 5.97 Å². The quantitative estimate of drug-likeness (QED) is 0.107. The zero-order valence-corrected chi connectivity index (χ0v) is 15.1. The number of nitrogens with zero attached hydrogens (tertiary/aromatic N) is 1. The van der Waals surface area contributed by atoms with Gasteiger partial charge in [0.15, 0.2) is 29.6 Å². The van der Waals surface area contributed by atoms with Gasteiger partial charge in [-0.3, -0.25) is 4.99 Å². The first-order chi connectivity index (χ1) is 12.7. The molecule has 10 heteroatoms. The molecule has 1 unspecified atom stereocenters. The van der Waals surface area contributed by atoms with E-state index in [-0.39, 0.29) is 12.7 Å². The summed E-state index contributed by atoms with van der Waals surface area (Å²) >= 11 is 0. The average Bonchev–Trinajstić information content (AvgIpc) is 2.64. The maximum absolute atomic E-state index is 13.9. The predicted octanol–water partition coefficient (Wildman–Crippen LogP) is 3.15. The summed E-state index contributed by atoms with van der Waals surface area (Å²) in [5.74, 6) is -10.1. The minimum absolute atomic E-state index is 0.105. The summed E-state index contributed by atoms with van der Waals surface area (Å²) in [7, 11) is 2.69. The van der Waals surface area contributed by atoms with E-state index in [0.29, 0.717) is 0 Å². The summed E-state index contributed by atoms with van der Waals surface area (Å²) in [6.07, 6.45) is 0.0195. The molecule has 0 aliphatic carbocycles. The third-order valence-electron chi connectivity index (χ3n) is 3.41. The van der Waals surface area contributed by atoms with Gasteiger partial charge in [0.1, 0.15) is 11.3 Å². The topological polar surface area (TPSA) is 77.4 Å². The van der Waals surface area contributed by atoms with Crippen LogP contribution in [-0.4, -0.2) is 50.4 Å². The molecule has 1 atom stereocenters. The fourth-order valence-corrected chi connectivity index (χ4v) is 2.06. The summed E-state index contributed by atoms with van der Waals surface area (Å²) in [6.45, 7) is 2.91. The van der Waals surface area contributed by atoms with E-state index in [1.165, 1.54) is 21.1 Å². The second-order valence-corrected chi connectivity index (χ2v) is 5.19. The van der Waals surface area contributed by atoms with Crippen LogP contribution in [0.15, 0.2) is 16.6 Å². The van der Waals surface area contributed by atoms with Crippen molar-refractivity contribution in [3.8, 4) is 0 Å². The summed E-state index contributed by atoms with van der Waals surface area (Å²) in [5.41, 5.74) is -1.76. The van der Waals surface area contributed by atoms with Crippen LogP contribution >= 0.6 is 0 Å². The third-order valence-corrected chi connectivity index (χ3v) is 3.41. The summed E-state index contributed by atoms with van der Waals surface area (Å²) < 4.78 is 68.5. The van der Waals surface area contributed by atoms with Gasteiger partial charge in [-0.15, -0.1) is 0 Å². The molecule has 0 aliphatic heterocycles. The lowest BCUT2D eigenvalue weighted by molar-refractivity contribution is -0.137. The highest BCUT2D eigenvalue weighted by molar-refractivity contribution is 6.15. The maximum Gasteiger partial charge on any atom is 0.343 e. The van der Waals surface area contributed by atoms with Crippen molar-refractivity contribution >= 4 is 17.9 Å². The Bertz CT molecular complexity index is 747. The van der Waals surface area contributed by atoms with Crippen molar-refractivity contribution in [2.45, 2.75) is 26.2 Å². The van der Waals surface area contributed by atoms with Crippen LogP contribution < -0.4 is 0 Å². The summed E-state index contributed by atoms with van der Waals surface area (Å²) in [4.78, 5) is 16.0. The molecular formula is C17H19F4NO5. The van der Waals surface area contributed by atoms with Crippen LogP contribution in [-0.2, 0) is 19.0 Å². The number of ether oxygens (including phenoxy) is 3. The van der Waals surface area contributed by atoms with Gasteiger partial charge in [0, 0.05) is 20.4 Å². The fraction of sp³-hybridized carbons (Fsp3) is 0.412. The molecule has 0 saturated carbocycles. The highest BCUT2D eigenvalue weighted by Crippen LogP contribution is 2.25. The molecule has 1 rings (SSSR count). The number of rotatable bonds is 8. The first-order valence-corrected chi connectivity index (χ1v) is 7.71. The molecule has 0 spiro atoms. The van der Waals surface area contributed by atoms with Gasteiger partial charge in [-0.2, -0.15) is 0 Å². The molecule has 150 valence electrons. The van der Waals surface area contributed by atoms with Crippen molar-refractivity contribution in [1.29, 1.82) is 0 Å². The first-order valence-electron chi connectivity index (χ1n) is 7.71. The zero-order valence-electron chi connectivity index (χ0n) is 15.1. The van der Waals surface area contributed by atoms with E-state index in [2.05, 4.69) is 4.99 Å². The van der Waals surface area contributed by atoms with Crippen LogP contribution in [0.2, 0.25) is 0 Å². The van der Waals surface area contributed by atoms with Crippen LogP contribution in [0.3, 0.4) is 0 Å². The van der Waals surface area contributed by atoms with Crippen molar-refractivity contribution in [1.82, 2.24) is 0 Å². The SMILES string of the molecule is CCOC(=O)C(C=NC(C)C(OC)OC)=C(O)c1cc(F)c(F)c(F)c1F. The van der Waals surface area contributed by atoms with E-state index in [1.807, 2.05) is 0 Å². The number of esters is 1. The van der Waals surface area contributed by atoms with Crippen molar-refractivity contribution in [2.75, 3.05) is 20.8 Å². The number of aliphatic imine (C=N–C) groups is 1. The second-order valence-electron chi connectivity index (χ2n) is 5.19. The number of carbonyl (C=O) groups is 1. The molecule has 0 amide bonds. The van der Waals surface area contributed by atoms with Crippen molar-refractivity contribution in [2.24, 2.45) is 4.99 Å². The van der Waals surface area contributed by atoms with Crippen molar-refractivity contribution in [3.63, 3.8) is 0 Å². The maximum atomic E-state index is 13.9. The first kappa shape index (κ1) is 22.6. The molecule has 0 bridgehead atoms. The van der Waals surface area contributed by atoms with Gasteiger partial charge in [0.2, 0.25) is 0 Å². The molecule has 0 fully saturated rings. The number of hydrogen-bond acceptors (Lipinski definition) is 6. The Labute approximate surface area is 153 Å². The molecule has 1 aromatic rings. The van der Waals surface area contributed by atoms with E-state index < -0.39 is 58.5 Å². The number of benzene rings is 1. The number of hydrogen-bond donors (Lipinski definition) is 1. The van der Waals surface area contributed by atoms with Gasteiger partial charge in [0.25, 0.3) is 0 Å². The molecule has 1 aromatic carbocycles. The Hall–Kier alpha value is -2.46. The highest BCUT2D eigenvalue weighted by atomic mass is 19.2. The van der Waals surface area contributed by atoms with E-state index >= 15 is 0 Å². The second kappa shape index (κ2) is 10.0. The third kappa shape index (κ3) is 5.27. The number of halogens is 4. The van der Waals surface area contributed by atoms with E-state index in [4.69, 9.17) is 14.2 Å². The lowest BCUT2D eigenvalue weighted by atomic mass is 10.1. The molecule has 6 nitrogen and oxygen atoms in total. The Kier molecular flexibility index (Phi) is 8.38. The monoisotopic (exact) mass is 393 g/mol. The Morgan fingerprint density at radius 2 is 1.78 bits per heavy atom.